The minimum absolute atomic E-state index is 0.0412. The number of nitrogens with one attached hydrogen (secondary N) is 4. The predicted molar refractivity (Wildman–Crippen MR) is 260 cm³/mol. The van der Waals surface area contributed by atoms with E-state index in [1.165, 1.54) is 17.3 Å². The number of rotatable bonds is 16. The lowest BCUT2D eigenvalue weighted by molar-refractivity contribution is -0.145. The lowest BCUT2D eigenvalue weighted by atomic mass is 10.1. The molecule has 71 heavy (non-hydrogen) atoms. The largest absolute Gasteiger partial charge is 0.461 e. The molecule has 3 saturated heterocycles. The number of aromatic nitrogens is 2. The second-order valence-corrected chi connectivity index (χ2v) is 18.1. The number of benzene rings is 3. The van der Waals surface area contributed by atoms with Gasteiger partial charge in [0.25, 0.3) is 21.9 Å². The van der Waals surface area contributed by atoms with Gasteiger partial charge >= 0.3 is 18.2 Å². The molecule has 0 spiro atoms. The second-order valence-electron chi connectivity index (χ2n) is 16.5. The standard InChI is InChI=1S/C31H34N6O5.C18H18N4O6S/c32-29(34-30(39)25-7-4-13-33-19-25)24-8-10-26(11-9-24)37-21-27(42-31(37)40)20-36-17-15-35(16-18-36)14-12-28(38)41-22-23-5-2-1-3-6-23;1-29(25,26)27-11-15-10-22(18(24)28-15)14-6-4-12(5-7-14)16(19)21-17(23)13-3-2-8-20-9-13/h1-11,13,19,27H,12,14-18,20-22H2,(H2,32,34,39);2-9,15H,10-11H2,1H3,(H2,19,21,23). The summed E-state index contributed by atoms with van der Waals surface area (Å²) in [5.41, 5.74) is 3.80. The van der Waals surface area contributed by atoms with Gasteiger partial charge in [-0.1, -0.05) is 30.3 Å². The predicted octanol–water partition coefficient (Wildman–Crippen LogP) is 4.05. The van der Waals surface area contributed by atoms with Crippen LogP contribution in [0.2, 0.25) is 0 Å². The smallest absolute Gasteiger partial charge is 0.414 e. The number of amidine groups is 2. The first-order valence-corrected chi connectivity index (χ1v) is 24.2. The monoisotopic (exact) mass is 988 g/mol. The zero-order valence-electron chi connectivity index (χ0n) is 38.6. The summed E-state index contributed by atoms with van der Waals surface area (Å²) in [4.78, 5) is 76.4. The van der Waals surface area contributed by atoms with Crippen LogP contribution in [0.4, 0.5) is 21.0 Å². The van der Waals surface area contributed by atoms with Gasteiger partial charge in [-0.25, -0.2) is 9.59 Å². The Bertz CT molecular complexity index is 2780. The Morgan fingerprint density at radius 1 is 0.662 bits per heavy atom. The fraction of sp³-hybridized carbons (Fsp3) is 0.286. The molecule has 2 aromatic heterocycles. The number of nitrogens with zero attached hydrogens (tertiary/aromatic N) is 6. The summed E-state index contributed by atoms with van der Waals surface area (Å²) in [5.74, 6) is -1.21. The van der Waals surface area contributed by atoms with Crippen LogP contribution in [0.15, 0.2) is 128 Å². The maximum Gasteiger partial charge on any atom is 0.414 e. The Balaban J connectivity index is 0.000000224. The molecule has 3 aliphatic rings. The van der Waals surface area contributed by atoms with Crippen LogP contribution in [-0.4, -0.2) is 147 Å². The summed E-state index contributed by atoms with van der Waals surface area (Å²) in [6.07, 6.45) is 5.23. The minimum Gasteiger partial charge on any atom is -0.461 e. The van der Waals surface area contributed by atoms with E-state index in [1.54, 1.807) is 90.1 Å². The van der Waals surface area contributed by atoms with Crippen molar-refractivity contribution in [3.63, 3.8) is 0 Å². The summed E-state index contributed by atoms with van der Waals surface area (Å²) in [6, 6.07) is 29.4. The van der Waals surface area contributed by atoms with Crippen LogP contribution in [0.1, 0.15) is 43.8 Å². The van der Waals surface area contributed by atoms with E-state index in [2.05, 4.69) is 34.6 Å². The van der Waals surface area contributed by atoms with Gasteiger partial charge in [0.15, 0.2) is 0 Å². The van der Waals surface area contributed by atoms with Gasteiger partial charge < -0.3 is 29.7 Å². The number of ether oxygens (including phenoxy) is 3. The molecule has 22 heteroatoms. The Morgan fingerprint density at radius 2 is 1.15 bits per heavy atom. The van der Waals surface area contributed by atoms with Crippen LogP contribution < -0.4 is 20.4 Å². The molecule has 0 bridgehead atoms. The van der Waals surface area contributed by atoms with Crippen molar-refractivity contribution in [2.75, 3.05) is 75.0 Å². The number of carbonyl (C=O) groups is 5. The van der Waals surface area contributed by atoms with E-state index in [-0.39, 0.29) is 36.9 Å². The number of hydrogen-bond donors (Lipinski definition) is 4. The summed E-state index contributed by atoms with van der Waals surface area (Å²) >= 11 is 0. The molecule has 3 fully saturated rings. The van der Waals surface area contributed by atoms with Gasteiger partial charge in [0.2, 0.25) is 0 Å². The highest BCUT2D eigenvalue weighted by molar-refractivity contribution is 7.86. The number of cyclic esters (lactones) is 2. The molecule has 3 aliphatic heterocycles. The first-order valence-electron chi connectivity index (χ1n) is 22.4. The van der Waals surface area contributed by atoms with E-state index in [9.17, 15) is 32.4 Å². The zero-order chi connectivity index (χ0) is 50.3. The summed E-state index contributed by atoms with van der Waals surface area (Å²) < 4.78 is 42.9. The van der Waals surface area contributed by atoms with Gasteiger partial charge in [0.05, 0.1) is 36.9 Å². The molecule has 8 rings (SSSR count). The number of amides is 4. The molecule has 3 aromatic carbocycles. The van der Waals surface area contributed by atoms with Crippen LogP contribution in [0.5, 0.6) is 0 Å². The molecule has 21 nitrogen and oxygen atoms in total. The molecule has 2 unspecified atom stereocenters. The van der Waals surface area contributed by atoms with E-state index in [4.69, 9.17) is 25.0 Å². The maximum absolute atomic E-state index is 12.6. The Morgan fingerprint density at radius 3 is 1.65 bits per heavy atom. The first kappa shape index (κ1) is 50.9. The lowest BCUT2D eigenvalue weighted by Crippen LogP contribution is -2.49. The van der Waals surface area contributed by atoms with Crippen LogP contribution in [0.25, 0.3) is 0 Å². The Labute approximate surface area is 409 Å². The van der Waals surface area contributed by atoms with Crippen LogP contribution in [-0.2, 0) is 39.9 Å². The zero-order valence-corrected chi connectivity index (χ0v) is 39.5. The minimum atomic E-state index is -3.63. The SMILES string of the molecule is CS(=O)(=O)OCC1CN(c2ccc(C(=N)NC(=O)c3cccnc3)cc2)C(=O)O1.N=C(NC(=O)c1cccnc1)c1ccc(N2CC(CN3CCN(CCC(=O)OCc4ccccc4)CC3)OC2=O)cc1. The van der Waals surface area contributed by atoms with Gasteiger partial charge in [-0.05, 0) is 78.4 Å². The quantitative estimate of drug-likeness (QED) is 0.0357. The molecule has 0 aliphatic carbocycles. The maximum atomic E-state index is 12.6. The van der Waals surface area contributed by atoms with Crippen LogP contribution in [0, 0.1) is 10.8 Å². The first-order chi connectivity index (χ1) is 34.2. The molecule has 4 amide bonds. The molecule has 5 aromatic rings. The summed E-state index contributed by atoms with van der Waals surface area (Å²) in [5, 5.41) is 21.3. The van der Waals surface area contributed by atoms with Crippen molar-refractivity contribution < 1.29 is 50.8 Å². The number of hydrogen-bond acceptors (Lipinski definition) is 17. The third kappa shape index (κ3) is 15.0. The third-order valence-corrected chi connectivity index (χ3v) is 11.8. The summed E-state index contributed by atoms with van der Waals surface area (Å²) in [7, 11) is -3.63. The van der Waals surface area contributed by atoms with Crippen molar-refractivity contribution in [3.05, 3.63) is 156 Å². The third-order valence-electron chi connectivity index (χ3n) is 11.3. The Hall–Kier alpha value is -7.92. The number of anilines is 2. The molecular weight excluding hydrogens is 937 g/mol. The van der Waals surface area contributed by atoms with Gasteiger partial charge in [-0.2, -0.15) is 8.42 Å². The van der Waals surface area contributed by atoms with Gasteiger partial charge in [0, 0.05) is 86.6 Å². The van der Waals surface area contributed by atoms with Crippen molar-refractivity contribution in [1.29, 1.82) is 10.8 Å². The van der Waals surface area contributed by atoms with E-state index in [0.29, 0.717) is 66.3 Å². The van der Waals surface area contributed by atoms with Crippen molar-refractivity contribution >= 4 is 63.1 Å². The molecule has 0 saturated carbocycles. The van der Waals surface area contributed by atoms with Crippen molar-refractivity contribution in [1.82, 2.24) is 30.4 Å². The van der Waals surface area contributed by atoms with Crippen molar-refractivity contribution in [2.45, 2.75) is 25.2 Å². The van der Waals surface area contributed by atoms with E-state index >= 15 is 0 Å². The molecule has 4 N–H and O–H groups in total. The molecule has 5 heterocycles. The van der Waals surface area contributed by atoms with E-state index in [0.717, 1.165) is 38.0 Å². The fourth-order valence-corrected chi connectivity index (χ4v) is 7.91. The summed E-state index contributed by atoms with van der Waals surface area (Å²) in [6.45, 7) is 5.22. The highest BCUT2D eigenvalue weighted by Crippen LogP contribution is 2.24. The molecular formula is C49H52N10O11S. The second kappa shape index (κ2) is 24.1. The lowest BCUT2D eigenvalue weighted by Gasteiger charge is -2.35. The molecule has 0 radical (unpaired) electrons. The topological polar surface area (TPSA) is 267 Å². The van der Waals surface area contributed by atoms with Crippen molar-refractivity contribution in [3.8, 4) is 0 Å². The van der Waals surface area contributed by atoms with Gasteiger partial charge in [-0.15, -0.1) is 0 Å². The number of piperazine rings is 1. The molecule has 2 atom stereocenters. The highest BCUT2D eigenvalue weighted by Gasteiger charge is 2.35. The van der Waals surface area contributed by atoms with E-state index in [1.807, 2.05) is 30.3 Å². The van der Waals surface area contributed by atoms with Gasteiger partial charge in [-0.3, -0.25) is 54.1 Å². The molecule has 370 valence electrons. The Kier molecular flexibility index (Phi) is 17.3. The average Bonchev–Trinajstić information content (AvgIpc) is 3.95. The van der Waals surface area contributed by atoms with Crippen molar-refractivity contribution in [2.24, 2.45) is 0 Å². The average molecular weight is 989 g/mol. The number of pyridine rings is 2. The van der Waals surface area contributed by atoms with Crippen LogP contribution in [0.3, 0.4) is 0 Å². The van der Waals surface area contributed by atoms with Gasteiger partial charge in [0.1, 0.15) is 37.1 Å². The highest BCUT2D eigenvalue weighted by atomic mass is 32.2. The fourth-order valence-electron chi connectivity index (χ4n) is 7.52. The normalized spacial score (nSPS) is 17.0. The number of carbonyl (C=O) groups excluding carboxylic acids is 5. The van der Waals surface area contributed by atoms with Crippen LogP contribution >= 0.6 is 0 Å². The van der Waals surface area contributed by atoms with E-state index < -0.39 is 40.2 Å². The number of esters is 1.